The molecule has 0 aliphatic carbocycles. The van der Waals surface area contributed by atoms with Crippen LogP contribution in [-0.2, 0) is 4.79 Å². The van der Waals surface area contributed by atoms with Crippen LogP contribution in [0.4, 0.5) is 0 Å². The average molecular weight is 229 g/mol. The van der Waals surface area contributed by atoms with Crippen LogP contribution < -0.4 is 5.32 Å². The quantitative estimate of drug-likeness (QED) is 0.594. The van der Waals surface area contributed by atoms with Crippen LogP contribution in [0.3, 0.4) is 0 Å². The molecular weight excluding hydrogens is 202 g/mol. The van der Waals surface area contributed by atoms with Gasteiger partial charge in [-0.25, -0.2) is 0 Å². The molecule has 0 aromatic heterocycles. The van der Waals surface area contributed by atoms with Crippen molar-refractivity contribution in [2.45, 2.75) is 26.7 Å². The van der Waals surface area contributed by atoms with Crippen molar-refractivity contribution in [2.75, 3.05) is 46.8 Å². The van der Waals surface area contributed by atoms with Crippen LogP contribution in [0.2, 0.25) is 0 Å². The fourth-order valence-electron chi connectivity index (χ4n) is 1.49. The molecule has 0 aromatic rings. The Morgan fingerprint density at radius 3 is 2.25 bits per heavy atom. The van der Waals surface area contributed by atoms with E-state index in [1.54, 1.807) is 19.0 Å². The number of carbonyl (C=O) groups is 1. The SMILES string of the molecule is CCN(CC)CCNCCCC(=O)N(C)C. The fraction of sp³-hybridized carbons (Fsp3) is 0.917. The zero-order chi connectivity index (χ0) is 12.4. The predicted molar refractivity (Wildman–Crippen MR) is 68.6 cm³/mol. The van der Waals surface area contributed by atoms with E-state index in [1.807, 2.05) is 0 Å². The summed E-state index contributed by atoms with van der Waals surface area (Å²) in [4.78, 5) is 15.3. The normalized spacial score (nSPS) is 10.8. The van der Waals surface area contributed by atoms with Crippen LogP contribution >= 0.6 is 0 Å². The van der Waals surface area contributed by atoms with Gasteiger partial charge in [0.1, 0.15) is 0 Å². The lowest BCUT2D eigenvalue weighted by atomic mass is 10.3. The average Bonchev–Trinajstić information content (AvgIpc) is 2.27. The van der Waals surface area contributed by atoms with Crippen molar-refractivity contribution < 1.29 is 4.79 Å². The van der Waals surface area contributed by atoms with Gasteiger partial charge in [-0.1, -0.05) is 13.8 Å². The van der Waals surface area contributed by atoms with Crippen molar-refractivity contribution in [3.05, 3.63) is 0 Å². The van der Waals surface area contributed by atoms with E-state index < -0.39 is 0 Å². The van der Waals surface area contributed by atoms with E-state index in [4.69, 9.17) is 0 Å². The number of hydrogen-bond acceptors (Lipinski definition) is 3. The van der Waals surface area contributed by atoms with Crippen molar-refractivity contribution in [1.82, 2.24) is 15.1 Å². The van der Waals surface area contributed by atoms with Crippen LogP contribution in [0.1, 0.15) is 26.7 Å². The zero-order valence-corrected chi connectivity index (χ0v) is 11.3. The van der Waals surface area contributed by atoms with Crippen molar-refractivity contribution in [3.8, 4) is 0 Å². The summed E-state index contributed by atoms with van der Waals surface area (Å²) >= 11 is 0. The molecule has 4 heteroatoms. The van der Waals surface area contributed by atoms with Gasteiger partial charge < -0.3 is 15.1 Å². The monoisotopic (exact) mass is 229 g/mol. The maximum absolute atomic E-state index is 11.3. The van der Waals surface area contributed by atoms with Gasteiger partial charge >= 0.3 is 0 Å². The predicted octanol–water partition coefficient (Wildman–Crippen LogP) is 0.786. The summed E-state index contributed by atoms with van der Waals surface area (Å²) in [6.45, 7) is 9.61. The molecule has 0 heterocycles. The number of nitrogens with one attached hydrogen (secondary N) is 1. The third-order valence-corrected chi connectivity index (χ3v) is 2.74. The Hall–Kier alpha value is -0.610. The van der Waals surface area contributed by atoms with Gasteiger partial charge in [0.05, 0.1) is 0 Å². The Kier molecular flexibility index (Phi) is 9.24. The van der Waals surface area contributed by atoms with Gasteiger partial charge in [0.2, 0.25) is 5.91 Å². The summed E-state index contributed by atoms with van der Waals surface area (Å²) in [7, 11) is 3.60. The molecule has 0 saturated carbocycles. The van der Waals surface area contributed by atoms with E-state index in [0.29, 0.717) is 6.42 Å². The Morgan fingerprint density at radius 2 is 1.75 bits per heavy atom. The van der Waals surface area contributed by atoms with E-state index >= 15 is 0 Å². The van der Waals surface area contributed by atoms with E-state index in [9.17, 15) is 4.79 Å². The maximum atomic E-state index is 11.3. The highest BCUT2D eigenvalue weighted by atomic mass is 16.2. The summed E-state index contributed by atoms with van der Waals surface area (Å²) in [6.07, 6.45) is 1.57. The molecule has 0 spiro atoms. The lowest BCUT2D eigenvalue weighted by Crippen LogP contribution is -2.32. The van der Waals surface area contributed by atoms with E-state index in [-0.39, 0.29) is 5.91 Å². The minimum Gasteiger partial charge on any atom is -0.349 e. The molecule has 0 aromatic carbocycles. The Balaban J connectivity index is 3.30. The smallest absolute Gasteiger partial charge is 0.222 e. The lowest BCUT2D eigenvalue weighted by Gasteiger charge is -2.18. The molecule has 0 unspecified atom stereocenters. The van der Waals surface area contributed by atoms with Crippen molar-refractivity contribution in [2.24, 2.45) is 0 Å². The molecule has 1 amide bonds. The van der Waals surface area contributed by atoms with Gasteiger partial charge in [-0.05, 0) is 26.1 Å². The first-order chi connectivity index (χ1) is 7.61. The molecule has 0 saturated heterocycles. The van der Waals surface area contributed by atoms with Crippen LogP contribution in [-0.4, -0.2) is 62.5 Å². The Labute approximate surface area is 100.0 Å². The first-order valence-corrected chi connectivity index (χ1v) is 6.25. The lowest BCUT2D eigenvalue weighted by molar-refractivity contribution is -0.128. The van der Waals surface area contributed by atoms with Crippen LogP contribution in [0.25, 0.3) is 0 Å². The summed E-state index contributed by atoms with van der Waals surface area (Å²) in [5.74, 6) is 0.213. The maximum Gasteiger partial charge on any atom is 0.222 e. The van der Waals surface area contributed by atoms with E-state index in [0.717, 1.165) is 39.1 Å². The highest BCUT2D eigenvalue weighted by Gasteiger charge is 2.02. The Bertz CT molecular complexity index is 179. The zero-order valence-electron chi connectivity index (χ0n) is 11.3. The summed E-state index contributed by atoms with van der Waals surface area (Å²) in [5, 5.41) is 3.37. The van der Waals surface area contributed by atoms with Crippen molar-refractivity contribution >= 4 is 5.91 Å². The first-order valence-electron chi connectivity index (χ1n) is 6.25. The molecule has 16 heavy (non-hydrogen) atoms. The second kappa shape index (κ2) is 9.60. The van der Waals surface area contributed by atoms with Gasteiger partial charge in [0, 0.05) is 33.6 Å². The molecule has 96 valence electrons. The highest BCUT2D eigenvalue weighted by Crippen LogP contribution is 1.92. The summed E-state index contributed by atoms with van der Waals surface area (Å²) < 4.78 is 0. The largest absolute Gasteiger partial charge is 0.349 e. The number of hydrogen-bond donors (Lipinski definition) is 1. The fourth-order valence-corrected chi connectivity index (χ4v) is 1.49. The van der Waals surface area contributed by atoms with E-state index in [2.05, 4.69) is 24.1 Å². The minimum atomic E-state index is 0.213. The second-order valence-corrected chi connectivity index (χ2v) is 4.17. The highest BCUT2D eigenvalue weighted by molar-refractivity contribution is 5.75. The van der Waals surface area contributed by atoms with Gasteiger partial charge in [-0.2, -0.15) is 0 Å². The third kappa shape index (κ3) is 7.65. The first kappa shape index (κ1) is 15.4. The van der Waals surface area contributed by atoms with Gasteiger partial charge in [-0.3, -0.25) is 4.79 Å². The standard InChI is InChI=1S/C12H27N3O/c1-5-15(6-2)11-10-13-9-7-8-12(16)14(3)4/h13H,5-11H2,1-4H3. The molecule has 0 atom stereocenters. The van der Waals surface area contributed by atoms with Crippen LogP contribution in [0.15, 0.2) is 0 Å². The van der Waals surface area contributed by atoms with Crippen LogP contribution in [0.5, 0.6) is 0 Å². The van der Waals surface area contributed by atoms with E-state index in [1.165, 1.54) is 0 Å². The number of carbonyl (C=O) groups excluding carboxylic acids is 1. The number of rotatable bonds is 9. The topological polar surface area (TPSA) is 35.6 Å². The van der Waals surface area contributed by atoms with Gasteiger partial charge in [-0.15, -0.1) is 0 Å². The number of nitrogens with zero attached hydrogens (tertiary/aromatic N) is 2. The summed E-state index contributed by atoms with van der Waals surface area (Å²) in [5.41, 5.74) is 0. The summed E-state index contributed by atoms with van der Waals surface area (Å²) in [6, 6.07) is 0. The molecule has 0 rings (SSSR count). The third-order valence-electron chi connectivity index (χ3n) is 2.74. The molecule has 0 radical (unpaired) electrons. The molecule has 4 nitrogen and oxygen atoms in total. The molecule has 0 fully saturated rings. The minimum absolute atomic E-state index is 0.213. The van der Waals surface area contributed by atoms with Crippen molar-refractivity contribution in [1.29, 1.82) is 0 Å². The second-order valence-electron chi connectivity index (χ2n) is 4.17. The number of likely N-dealkylation sites (N-methyl/N-ethyl adjacent to an activating group) is 1. The van der Waals surface area contributed by atoms with Gasteiger partial charge in [0.15, 0.2) is 0 Å². The van der Waals surface area contributed by atoms with Crippen molar-refractivity contribution in [3.63, 3.8) is 0 Å². The molecular formula is C12H27N3O. The molecule has 0 bridgehead atoms. The molecule has 0 aliphatic heterocycles. The van der Waals surface area contributed by atoms with Gasteiger partial charge in [0.25, 0.3) is 0 Å². The molecule has 0 aliphatic rings. The number of amides is 1. The Morgan fingerprint density at radius 1 is 1.12 bits per heavy atom. The molecule has 1 N–H and O–H groups in total. The van der Waals surface area contributed by atoms with Crippen LogP contribution in [0, 0.1) is 0 Å².